The van der Waals surface area contributed by atoms with E-state index in [4.69, 9.17) is 4.74 Å². The van der Waals surface area contributed by atoms with E-state index < -0.39 is 10.0 Å². The Kier molecular flexibility index (Phi) is 3.96. The van der Waals surface area contributed by atoms with Crippen molar-refractivity contribution >= 4 is 27.3 Å². The number of rotatable bonds is 3. The van der Waals surface area contributed by atoms with E-state index in [1.165, 1.54) is 0 Å². The minimum Gasteiger partial charge on any atom is -0.479 e. The minimum atomic E-state index is -3.77. The average molecular weight is 346 g/mol. The van der Waals surface area contributed by atoms with Gasteiger partial charge in [-0.3, -0.25) is 9.52 Å². The summed E-state index contributed by atoms with van der Waals surface area (Å²) in [7, 11) is -3.77. The number of carbonyl (C=O) groups excluding carboxylic acids is 1. The number of amides is 1. The van der Waals surface area contributed by atoms with Gasteiger partial charge in [-0.2, -0.15) is 0 Å². The highest BCUT2D eigenvalue weighted by molar-refractivity contribution is 7.92. The molecule has 1 heterocycles. The lowest BCUT2D eigenvalue weighted by molar-refractivity contribution is -0.118. The summed E-state index contributed by atoms with van der Waals surface area (Å²) in [5.41, 5.74) is 3.23. The molecule has 0 bridgehead atoms. The van der Waals surface area contributed by atoms with Crippen LogP contribution >= 0.6 is 0 Å². The molecule has 0 radical (unpaired) electrons. The molecule has 0 fully saturated rings. The summed E-state index contributed by atoms with van der Waals surface area (Å²) in [5.74, 6) is 0.0600. The lowest BCUT2D eigenvalue weighted by Gasteiger charge is -2.22. The summed E-state index contributed by atoms with van der Waals surface area (Å²) in [6, 6.07) is 8.57. The van der Waals surface area contributed by atoms with Gasteiger partial charge in [-0.05, 0) is 50.1 Å². The quantitative estimate of drug-likeness (QED) is 0.895. The Balaban J connectivity index is 2.03. The number of benzene rings is 2. The van der Waals surface area contributed by atoms with Gasteiger partial charge in [-0.15, -0.1) is 0 Å². The molecule has 1 aliphatic heterocycles. The van der Waals surface area contributed by atoms with Gasteiger partial charge in [0.15, 0.2) is 12.4 Å². The number of anilines is 2. The zero-order chi connectivity index (χ0) is 17.5. The number of aryl methyl sites for hydroxylation is 3. The first-order valence-corrected chi connectivity index (χ1v) is 8.92. The van der Waals surface area contributed by atoms with Gasteiger partial charge in [0.1, 0.15) is 0 Å². The molecular weight excluding hydrogens is 328 g/mol. The van der Waals surface area contributed by atoms with Crippen molar-refractivity contribution in [2.24, 2.45) is 0 Å². The molecule has 1 amide bonds. The molecular formula is C17H18N2O4S. The zero-order valence-corrected chi connectivity index (χ0v) is 14.5. The van der Waals surface area contributed by atoms with E-state index in [0.717, 1.165) is 11.1 Å². The summed E-state index contributed by atoms with van der Waals surface area (Å²) in [6.45, 7) is 5.33. The molecule has 2 aromatic carbocycles. The van der Waals surface area contributed by atoms with Gasteiger partial charge in [0.05, 0.1) is 16.3 Å². The predicted molar refractivity (Wildman–Crippen MR) is 92.0 cm³/mol. The third-order valence-corrected chi connectivity index (χ3v) is 5.24. The van der Waals surface area contributed by atoms with E-state index in [9.17, 15) is 13.2 Å². The number of ether oxygens (including phenoxy) is 1. The second-order valence-corrected chi connectivity index (χ2v) is 7.55. The topological polar surface area (TPSA) is 84.5 Å². The summed E-state index contributed by atoms with van der Waals surface area (Å²) in [5, 5.41) is 2.69. The van der Waals surface area contributed by atoms with E-state index >= 15 is 0 Å². The second kappa shape index (κ2) is 5.83. The lowest BCUT2D eigenvalue weighted by atomic mass is 10.1. The maximum atomic E-state index is 12.7. The largest absolute Gasteiger partial charge is 0.479 e. The number of hydrogen-bond acceptors (Lipinski definition) is 4. The first-order valence-electron chi connectivity index (χ1n) is 7.43. The van der Waals surface area contributed by atoms with Gasteiger partial charge in [0.25, 0.3) is 15.9 Å². The molecule has 1 aliphatic rings. The molecule has 126 valence electrons. The highest BCUT2D eigenvalue weighted by atomic mass is 32.2. The third kappa shape index (κ3) is 3.07. The molecule has 24 heavy (non-hydrogen) atoms. The van der Waals surface area contributed by atoms with Crippen molar-refractivity contribution in [3.05, 3.63) is 47.0 Å². The molecule has 2 N–H and O–H groups in total. The van der Waals surface area contributed by atoms with Crippen LogP contribution in [0.4, 0.5) is 11.4 Å². The fourth-order valence-corrected chi connectivity index (χ4v) is 4.00. The average Bonchev–Trinajstić information content (AvgIpc) is 2.45. The number of sulfonamides is 1. The first-order chi connectivity index (χ1) is 11.3. The van der Waals surface area contributed by atoms with Gasteiger partial charge in [-0.25, -0.2) is 8.42 Å². The predicted octanol–water partition coefficient (Wildman–Crippen LogP) is 2.74. The summed E-state index contributed by atoms with van der Waals surface area (Å²) >= 11 is 0. The molecule has 0 aliphatic carbocycles. The van der Waals surface area contributed by atoms with Crippen LogP contribution in [0.1, 0.15) is 16.7 Å². The Morgan fingerprint density at radius 2 is 1.83 bits per heavy atom. The standard InChI is InChI=1S/C17H18N2O4S/c1-10-4-5-15(12(3)6-10)24(21,22)19-14-8-11(2)7-13-17(14)23-9-16(20)18-13/h4-8,19H,9H2,1-3H3,(H,18,20). The number of nitrogens with one attached hydrogen (secondary N) is 2. The fourth-order valence-electron chi connectivity index (χ4n) is 2.72. The molecule has 0 spiro atoms. The summed E-state index contributed by atoms with van der Waals surface area (Å²) < 4.78 is 33.5. The van der Waals surface area contributed by atoms with Crippen molar-refractivity contribution in [1.82, 2.24) is 0 Å². The van der Waals surface area contributed by atoms with Gasteiger partial charge < -0.3 is 10.1 Å². The van der Waals surface area contributed by atoms with E-state index in [-0.39, 0.29) is 17.4 Å². The first kappa shape index (κ1) is 16.3. The Bertz CT molecular complexity index is 936. The van der Waals surface area contributed by atoms with Gasteiger partial charge >= 0.3 is 0 Å². The Hall–Kier alpha value is -2.54. The van der Waals surface area contributed by atoms with Crippen LogP contribution in [0.3, 0.4) is 0 Å². The smallest absolute Gasteiger partial charge is 0.262 e. The van der Waals surface area contributed by atoms with Crippen LogP contribution in [-0.4, -0.2) is 20.9 Å². The van der Waals surface area contributed by atoms with Crippen molar-refractivity contribution in [3.8, 4) is 5.75 Å². The van der Waals surface area contributed by atoms with Crippen LogP contribution in [0.5, 0.6) is 5.75 Å². The van der Waals surface area contributed by atoms with Crippen LogP contribution in [0.15, 0.2) is 35.2 Å². The normalized spacial score (nSPS) is 13.7. The number of hydrogen-bond donors (Lipinski definition) is 2. The van der Waals surface area contributed by atoms with Crippen LogP contribution in [0.25, 0.3) is 0 Å². The van der Waals surface area contributed by atoms with Crippen molar-refractivity contribution in [3.63, 3.8) is 0 Å². The van der Waals surface area contributed by atoms with E-state index in [0.29, 0.717) is 22.7 Å². The van der Waals surface area contributed by atoms with E-state index in [1.807, 2.05) is 19.9 Å². The van der Waals surface area contributed by atoms with Crippen LogP contribution in [0.2, 0.25) is 0 Å². The zero-order valence-electron chi connectivity index (χ0n) is 13.6. The molecule has 0 saturated carbocycles. The Labute approximate surface area is 140 Å². The van der Waals surface area contributed by atoms with Gasteiger partial charge in [0, 0.05) is 0 Å². The van der Waals surface area contributed by atoms with Crippen molar-refractivity contribution in [2.75, 3.05) is 16.6 Å². The van der Waals surface area contributed by atoms with E-state index in [1.54, 1.807) is 31.2 Å². The monoisotopic (exact) mass is 346 g/mol. The molecule has 7 heteroatoms. The molecule has 0 aromatic heterocycles. The van der Waals surface area contributed by atoms with Crippen molar-refractivity contribution < 1.29 is 17.9 Å². The third-order valence-electron chi connectivity index (χ3n) is 3.72. The van der Waals surface area contributed by atoms with Crippen molar-refractivity contribution in [1.29, 1.82) is 0 Å². The van der Waals surface area contributed by atoms with Crippen LogP contribution in [-0.2, 0) is 14.8 Å². The maximum absolute atomic E-state index is 12.7. The molecule has 3 rings (SSSR count). The van der Waals surface area contributed by atoms with Crippen LogP contribution < -0.4 is 14.8 Å². The molecule has 0 unspecified atom stereocenters. The fraction of sp³-hybridized carbons (Fsp3) is 0.235. The number of fused-ring (bicyclic) bond motifs is 1. The SMILES string of the molecule is Cc1ccc(S(=O)(=O)Nc2cc(C)cc3c2OCC(=O)N3)c(C)c1. The van der Waals surface area contributed by atoms with Crippen molar-refractivity contribution in [2.45, 2.75) is 25.7 Å². The Morgan fingerprint density at radius 1 is 1.08 bits per heavy atom. The minimum absolute atomic E-state index is 0.144. The lowest BCUT2D eigenvalue weighted by Crippen LogP contribution is -2.26. The summed E-state index contributed by atoms with van der Waals surface area (Å²) in [6.07, 6.45) is 0. The summed E-state index contributed by atoms with van der Waals surface area (Å²) in [4.78, 5) is 11.7. The van der Waals surface area contributed by atoms with Gasteiger partial charge in [0.2, 0.25) is 0 Å². The molecule has 0 saturated heterocycles. The van der Waals surface area contributed by atoms with Gasteiger partial charge in [-0.1, -0.05) is 17.7 Å². The molecule has 0 atom stereocenters. The number of carbonyl (C=O) groups is 1. The highest BCUT2D eigenvalue weighted by Gasteiger charge is 2.24. The van der Waals surface area contributed by atoms with E-state index in [2.05, 4.69) is 10.0 Å². The maximum Gasteiger partial charge on any atom is 0.262 e. The Morgan fingerprint density at radius 3 is 2.54 bits per heavy atom. The highest BCUT2D eigenvalue weighted by Crippen LogP contribution is 2.38. The second-order valence-electron chi connectivity index (χ2n) is 5.90. The van der Waals surface area contributed by atoms with Crippen LogP contribution in [0, 0.1) is 20.8 Å². The molecule has 6 nitrogen and oxygen atoms in total. The molecule has 2 aromatic rings.